The first-order valence-electron chi connectivity index (χ1n) is 9.16. The summed E-state index contributed by atoms with van der Waals surface area (Å²) >= 11 is 4.78. The summed E-state index contributed by atoms with van der Waals surface area (Å²) in [5, 5.41) is 6.31. The number of carbonyl (C=O) groups excluding carboxylic acids is 1. The van der Waals surface area contributed by atoms with Crippen molar-refractivity contribution in [1.82, 2.24) is 4.98 Å². The number of halogens is 1. The van der Waals surface area contributed by atoms with Crippen LogP contribution in [0.5, 0.6) is 0 Å². The van der Waals surface area contributed by atoms with Gasteiger partial charge in [0.25, 0.3) is 0 Å². The van der Waals surface area contributed by atoms with Crippen LogP contribution in [0.25, 0.3) is 0 Å². The highest BCUT2D eigenvalue weighted by molar-refractivity contribution is 9.10. The standard InChI is InChI=1S/C17H21BrN4O2S2.C2H6/c1-12-15(26(19)24)25-16(20-12)21(2)9-17(7-8-17)10-22(11-23)14-5-3-13(18)4-6-14;1-2/h3-6,11H,7-10,19H2,1-2H3;1-2H3. The molecule has 6 nitrogen and oxygen atoms in total. The van der Waals surface area contributed by atoms with Crippen molar-refractivity contribution in [3.63, 3.8) is 0 Å². The summed E-state index contributed by atoms with van der Waals surface area (Å²) < 4.78 is 13.2. The lowest BCUT2D eigenvalue weighted by atomic mass is 10.1. The molecule has 1 aromatic heterocycles. The van der Waals surface area contributed by atoms with Gasteiger partial charge in [-0.2, -0.15) is 0 Å². The zero-order valence-corrected chi connectivity index (χ0v) is 19.9. The molecule has 1 aromatic carbocycles. The number of carbonyl (C=O) groups is 1. The predicted octanol–water partition coefficient (Wildman–Crippen LogP) is 4.10. The minimum absolute atomic E-state index is 0.0599. The third-order valence-electron chi connectivity index (χ3n) is 4.57. The van der Waals surface area contributed by atoms with Gasteiger partial charge in [-0.05, 0) is 44.0 Å². The van der Waals surface area contributed by atoms with Crippen molar-refractivity contribution in [1.29, 1.82) is 0 Å². The maximum absolute atomic E-state index is 11.6. The minimum atomic E-state index is -1.51. The zero-order valence-electron chi connectivity index (χ0n) is 16.6. The molecule has 9 heteroatoms. The number of benzene rings is 1. The average molecular weight is 487 g/mol. The van der Waals surface area contributed by atoms with Crippen LogP contribution < -0.4 is 14.9 Å². The molecule has 2 N–H and O–H groups in total. The third kappa shape index (κ3) is 5.62. The quantitative estimate of drug-likeness (QED) is 0.569. The van der Waals surface area contributed by atoms with Crippen LogP contribution in [0.15, 0.2) is 32.9 Å². The number of thiazole rings is 1. The molecule has 28 heavy (non-hydrogen) atoms. The molecule has 0 bridgehead atoms. The maximum Gasteiger partial charge on any atom is 0.214 e. The Hall–Kier alpha value is -1.29. The Morgan fingerprint density at radius 3 is 2.36 bits per heavy atom. The van der Waals surface area contributed by atoms with Crippen molar-refractivity contribution in [2.45, 2.75) is 37.8 Å². The van der Waals surface area contributed by atoms with Gasteiger partial charge >= 0.3 is 0 Å². The van der Waals surface area contributed by atoms with Crippen molar-refractivity contribution in [3.8, 4) is 0 Å². The fourth-order valence-electron chi connectivity index (χ4n) is 3.02. The Bertz CT molecular complexity index is 822. The fraction of sp³-hybridized carbons (Fsp3) is 0.474. The average Bonchev–Trinajstić information content (AvgIpc) is 3.31. The Morgan fingerprint density at radius 1 is 1.29 bits per heavy atom. The Morgan fingerprint density at radius 2 is 1.89 bits per heavy atom. The number of anilines is 2. The van der Waals surface area contributed by atoms with Gasteiger partial charge in [0.1, 0.15) is 15.2 Å². The Labute approximate surface area is 181 Å². The number of rotatable bonds is 8. The van der Waals surface area contributed by atoms with E-state index < -0.39 is 11.0 Å². The van der Waals surface area contributed by atoms with E-state index in [0.717, 1.165) is 41.1 Å². The van der Waals surface area contributed by atoms with Crippen LogP contribution in [0.2, 0.25) is 0 Å². The minimum Gasteiger partial charge on any atom is -0.350 e. The molecule has 0 aliphatic heterocycles. The van der Waals surface area contributed by atoms with E-state index in [9.17, 15) is 9.00 Å². The van der Waals surface area contributed by atoms with E-state index in [-0.39, 0.29) is 5.41 Å². The first kappa shape index (κ1) is 23.0. The highest BCUT2D eigenvalue weighted by Gasteiger charge is 2.45. The summed E-state index contributed by atoms with van der Waals surface area (Å²) in [6.45, 7) is 7.28. The smallest absolute Gasteiger partial charge is 0.214 e. The van der Waals surface area contributed by atoms with Gasteiger partial charge in [0.15, 0.2) is 5.13 Å². The number of aryl methyl sites for hydroxylation is 1. The molecule has 1 atom stereocenters. The van der Waals surface area contributed by atoms with E-state index in [2.05, 4.69) is 25.8 Å². The van der Waals surface area contributed by atoms with Crippen molar-refractivity contribution < 1.29 is 9.00 Å². The molecular formula is C19H27BrN4O2S2. The summed E-state index contributed by atoms with van der Waals surface area (Å²) in [4.78, 5) is 20.0. The molecule has 1 unspecified atom stereocenters. The summed E-state index contributed by atoms with van der Waals surface area (Å²) in [6.07, 6.45) is 3.03. The lowest BCUT2D eigenvalue weighted by Crippen LogP contribution is -2.36. The summed E-state index contributed by atoms with van der Waals surface area (Å²) in [6, 6.07) is 7.74. The second-order valence-electron chi connectivity index (χ2n) is 6.73. The zero-order chi connectivity index (χ0) is 20.9. The highest BCUT2D eigenvalue weighted by Crippen LogP contribution is 2.48. The lowest BCUT2D eigenvalue weighted by Gasteiger charge is -2.28. The fourth-order valence-corrected chi connectivity index (χ4v) is 4.93. The van der Waals surface area contributed by atoms with Gasteiger partial charge in [-0.1, -0.05) is 41.1 Å². The van der Waals surface area contributed by atoms with E-state index in [4.69, 9.17) is 5.14 Å². The molecule has 1 amide bonds. The van der Waals surface area contributed by atoms with Gasteiger partial charge in [0.2, 0.25) is 6.41 Å². The van der Waals surface area contributed by atoms with E-state index in [1.807, 2.05) is 52.1 Å². The van der Waals surface area contributed by atoms with Crippen LogP contribution in [0, 0.1) is 12.3 Å². The number of aromatic nitrogens is 1. The molecule has 3 rings (SSSR count). The van der Waals surface area contributed by atoms with E-state index in [1.165, 1.54) is 11.3 Å². The normalized spacial score (nSPS) is 15.2. The van der Waals surface area contributed by atoms with Gasteiger partial charge in [-0.3, -0.25) is 4.79 Å². The number of amides is 1. The van der Waals surface area contributed by atoms with Gasteiger partial charge in [0.05, 0.1) is 5.69 Å². The molecule has 154 valence electrons. The van der Waals surface area contributed by atoms with Crippen LogP contribution >= 0.6 is 27.3 Å². The second-order valence-corrected chi connectivity index (χ2v) is 9.89. The number of hydrogen-bond acceptors (Lipinski definition) is 5. The number of nitrogens with zero attached hydrogens (tertiary/aromatic N) is 3. The Kier molecular flexibility index (Phi) is 8.18. The summed E-state index contributed by atoms with van der Waals surface area (Å²) in [5.41, 5.74) is 1.67. The maximum atomic E-state index is 11.6. The second kappa shape index (κ2) is 9.96. The van der Waals surface area contributed by atoms with Gasteiger partial charge in [0, 0.05) is 35.7 Å². The Balaban J connectivity index is 0.00000136. The van der Waals surface area contributed by atoms with E-state index in [1.54, 1.807) is 4.90 Å². The van der Waals surface area contributed by atoms with Gasteiger partial charge in [-0.25, -0.2) is 14.3 Å². The highest BCUT2D eigenvalue weighted by atomic mass is 79.9. The number of hydrogen-bond donors (Lipinski definition) is 1. The van der Waals surface area contributed by atoms with Crippen LogP contribution in [0.4, 0.5) is 10.8 Å². The van der Waals surface area contributed by atoms with Crippen LogP contribution in [-0.4, -0.2) is 35.7 Å². The van der Waals surface area contributed by atoms with Gasteiger partial charge in [-0.15, -0.1) is 0 Å². The van der Waals surface area contributed by atoms with Crippen molar-refractivity contribution in [2.24, 2.45) is 10.6 Å². The molecule has 1 heterocycles. The third-order valence-corrected chi connectivity index (χ3v) is 7.57. The SMILES string of the molecule is CC.Cc1nc(N(C)CC2(CN(C=O)c3ccc(Br)cc3)CC2)sc1S(N)=O. The molecule has 1 fully saturated rings. The molecule has 0 spiro atoms. The monoisotopic (exact) mass is 486 g/mol. The van der Waals surface area contributed by atoms with Crippen LogP contribution in [0.3, 0.4) is 0 Å². The first-order chi connectivity index (χ1) is 13.3. The number of nitrogens with two attached hydrogens (primary N) is 1. The van der Waals surface area contributed by atoms with Crippen LogP contribution in [-0.2, 0) is 15.8 Å². The molecular weight excluding hydrogens is 460 g/mol. The molecule has 0 radical (unpaired) electrons. The topological polar surface area (TPSA) is 79.5 Å². The molecule has 0 saturated heterocycles. The van der Waals surface area contributed by atoms with E-state index >= 15 is 0 Å². The van der Waals surface area contributed by atoms with Gasteiger partial charge < -0.3 is 9.80 Å². The molecule has 1 saturated carbocycles. The summed E-state index contributed by atoms with van der Waals surface area (Å²) in [5.74, 6) is 0. The molecule has 1 aliphatic rings. The largest absolute Gasteiger partial charge is 0.350 e. The van der Waals surface area contributed by atoms with Crippen molar-refractivity contribution in [3.05, 3.63) is 34.4 Å². The molecule has 1 aliphatic carbocycles. The van der Waals surface area contributed by atoms with Crippen molar-refractivity contribution in [2.75, 3.05) is 29.9 Å². The van der Waals surface area contributed by atoms with Crippen LogP contribution in [0.1, 0.15) is 32.4 Å². The van der Waals surface area contributed by atoms with Crippen molar-refractivity contribution >= 4 is 55.5 Å². The molecule has 2 aromatic rings. The first-order valence-corrected chi connectivity index (χ1v) is 12.0. The summed E-state index contributed by atoms with van der Waals surface area (Å²) in [7, 11) is 0.468. The lowest BCUT2D eigenvalue weighted by molar-refractivity contribution is -0.107. The predicted molar refractivity (Wildman–Crippen MR) is 121 cm³/mol. The van der Waals surface area contributed by atoms with E-state index in [0.29, 0.717) is 16.4 Å².